The van der Waals surface area contributed by atoms with E-state index in [0.717, 1.165) is 17.9 Å². The number of likely N-dealkylation sites (N-methyl/N-ethyl adjacent to an activating group) is 1. The van der Waals surface area contributed by atoms with Gasteiger partial charge in [-0.25, -0.2) is 0 Å². The zero-order valence-corrected chi connectivity index (χ0v) is 11.0. The molecule has 0 radical (unpaired) electrons. The van der Waals surface area contributed by atoms with Gasteiger partial charge >= 0.3 is 0 Å². The van der Waals surface area contributed by atoms with Gasteiger partial charge in [0.25, 0.3) is 0 Å². The van der Waals surface area contributed by atoms with Crippen LogP contribution in [-0.2, 0) is 11.2 Å². The largest absolute Gasteiger partial charge is 0.454 e. The molecule has 1 aliphatic heterocycles. The summed E-state index contributed by atoms with van der Waals surface area (Å²) < 4.78 is 10.5. The second kappa shape index (κ2) is 7.08. The first kappa shape index (κ1) is 14.6. The van der Waals surface area contributed by atoms with E-state index in [-0.39, 0.29) is 25.1 Å². The van der Waals surface area contributed by atoms with Crippen LogP contribution < -0.4 is 20.1 Å². The molecule has 1 aromatic carbocycles. The number of ether oxygens (including phenoxy) is 2. The van der Waals surface area contributed by atoms with Gasteiger partial charge in [-0.05, 0) is 24.7 Å². The van der Waals surface area contributed by atoms with Crippen LogP contribution in [0.1, 0.15) is 5.56 Å². The van der Waals surface area contributed by atoms with E-state index in [1.54, 1.807) is 0 Å². The van der Waals surface area contributed by atoms with Gasteiger partial charge in [-0.2, -0.15) is 0 Å². The highest BCUT2D eigenvalue weighted by Gasteiger charge is 2.14. The highest BCUT2D eigenvalue weighted by atomic mass is 35.5. The molecule has 0 saturated heterocycles. The Morgan fingerprint density at radius 1 is 1.28 bits per heavy atom. The van der Waals surface area contributed by atoms with E-state index in [1.165, 1.54) is 0 Å². The Labute approximate surface area is 112 Å². The van der Waals surface area contributed by atoms with Crippen molar-refractivity contribution in [1.82, 2.24) is 10.6 Å². The van der Waals surface area contributed by atoms with Crippen LogP contribution in [0.5, 0.6) is 11.5 Å². The molecule has 0 atom stereocenters. The molecular formula is C12H17ClN2O3. The van der Waals surface area contributed by atoms with Crippen LogP contribution in [0, 0.1) is 0 Å². The number of benzene rings is 1. The third kappa shape index (κ3) is 3.78. The van der Waals surface area contributed by atoms with Gasteiger partial charge in [-0.15, -0.1) is 12.4 Å². The van der Waals surface area contributed by atoms with Crippen molar-refractivity contribution in [1.29, 1.82) is 0 Å². The van der Waals surface area contributed by atoms with Gasteiger partial charge in [0.1, 0.15) is 0 Å². The van der Waals surface area contributed by atoms with Crippen molar-refractivity contribution in [2.24, 2.45) is 0 Å². The Hall–Kier alpha value is -1.46. The molecule has 2 rings (SSSR count). The normalized spacial score (nSPS) is 11.8. The van der Waals surface area contributed by atoms with Crippen LogP contribution in [0.25, 0.3) is 0 Å². The summed E-state index contributed by atoms with van der Waals surface area (Å²) in [7, 11) is 1.85. The van der Waals surface area contributed by atoms with E-state index in [2.05, 4.69) is 10.6 Å². The molecule has 5 nitrogen and oxygen atoms in total. The monoisotopic (exact) mass is 272 g/mol. The number of nitrogens with one attached hydrogen (secondary N) is 2. The lowest BCUT2D eigenvalue weighted by Crippen LogP contribution is -2.31. The lowest BCUT2D eigenvalue weighted by atomic mass is 10.1. The Kier molecular flexibility index (Phi) is 5.74. The van der Waals surface area contributed by atoms with E-state index >= 15 is 0 Å². The van der Waals surface area contributed by atoms with E-state index in [4.69, 9.17) is 9.47 Å². The second-order valence-electron chi connectivity index (χ2n) is 3.82. The Bertz CT molecular complexity index is 412. The summed E-state index contributed by atoms with van der Waals surface area (Å²) in [4.78, 5) is 11.6. The molecular weight excluding hydrogens is 256 g/mol. The maximum absolute atomic E-state index is 11.6. The van der Waals surface area contributed by atoms with Crippen molar-refractivity contribution in [3.8, 4) is 11.5 Å². The van der Waals surface area contributed by atoms with Crippen LogP contribution in [0.4, 0.5) is 0 Å². The Balaban J connectivity index is 0.00000162. The fourth-order valence-electron chi connectivity index (χ4n) is 1.63. The maximum atomic E-state index is 11.6. The first-order valence-corrected chi connectivity index (χ1v) is 5.59. The molecule has 18 heavy (non-hydrogen) atoms. The molecule has 100 valence electrons. The fraction of sp³-hybridized carbons (Fsp3) is 0.417. The molecule has 0 spiro atoms. The molecule has 0 fully saturated rings. The lowest BCUT2D eigenvalue weighted by molar-refractivity contribution is -0.120. The summed E-state index contributed by atoms with van der Waals surface area (Å²) in [5.74, 6) is 1.47. The molecule has 1 amide bonds. The van der Waals surface area contributed by atoms with E-state index in [1.807, 2.05) is 25.2 Å². The Morgan fingerprint density at radius 3 is 2.83 bits per heavy atom. The molecule has 1 aromatic rings. The zero-order valence-electron chi connectivity index (χ0n) is 10.2. The van der Waals surface area contributed by atoms with Crippen molar-refractivity contribution >= 4 is 18.3 Å². The van der Waals surface area contributed by atoms with Crippen LogP contribution >= 0.6 is 12.4 Å². The molecule has 2 N–H and O–H groups in total. The van der Waals surface area contributed by atoms with Crippen LogP contribution in [-0.4, -0.2) is 32.8 Å². The summed E-state index contributed by atoms with van der Waals surface area (Å²) in [6.45, 7) is 1.67. The maximum Gasteiger partial charge on any atom is 0.231 e. The summed E-state index contributed by atoms with van der Waals surface area (Å²) in [5.41, 5.74) is 0.927. The summed E-state index contributed by atoms with van der Waals surface area (Å²) in [5, 5.41) is 5.80. The summed E-state index contributed by atoms with van der Waals surface area (Å²) in [6.07, 6.45) is 0.361. The quantitative estimate of drug-likeness (QED) is 0.776. The van der Waals surface area contributed by atoms with E-state index in [0.29, 0.717) is 18.7 Å². The third-order valence-corrected chi connectivity index (χ3v) is 2.50. The van der Waals surface area contributed by atoms with Crippen molar-refractivity contribution in [3.63, 3.8) is 0 Å². The fourth-order valence-corrected chi connectivity index (χ4v) is 1.63. The standard InChI is InChI=1S/C12H16N2O3.ClH/c1-13-4-5-14-12(15)7-9-2-3-10-11(6-9)17-8-16-10;/h2-3,6,13H,4-5,7-8H2,1H3,(H,14,15);1H. The minimum atomic E-state index is 0. The molecule has 0 unspecified atom stereocenters. The molecule has 1 aliphatic rings. The van der Waals surface area contributed by atoms with Crippen LogP contribution in [0.15, 0.2) is 18.2 Å². The number of hydrogen-bond acceptors (Lipinski definition) is 4. The lowest BCUT2D eigenvalue weighted by Gasteiger charge is -2.05. The molecule has 1 heterocycles. The van der Waals surface area contributed by atoms with Crippen molar-refractivity contribution in [2.45, 2.75) is 6.42 Å². The van der Waals surface area contributed by atoms with Crippen molar-refractivity contribution < 1.29 is 14.3 Å². The molecule has 0 saturated carbocycles. The van der Waals surface area contributed by atoms with E-state index < -0.39 is 0 Å². The van der Waals surface area contributed by atoms with Crippen LogP contribution in [0.3, 0.4) is 0 Å². The number of amides is 1. The number of hydrogen-bond donors (Lipinski definition) is 2. The summed E-state index contributed by atoms with van der Waals surface area (Å²) in [6, 6.07) is 5.56. The number of halogens is 1. The third-order valence-electron chi connectivity index (χ3n) is 2.50. The first-order valence-electron chi connectivity index (χ1n) is 5.59. The molecule has 0 aromatic heterocycles. The van der Waals surface area contributed by atoms with Crippen molar-refractivity contribution in [3.05, 3.63) is 23.8 Å². The van der Waals surface area contributed by atoms with Crippen molar-refractivity contribution in [2.75, 3.05) is 26.9 Å². The average Bonchev–Trinajstić information content (AvgIpc) is 2.76. The minimum absolute atomic E-state index is 0. The predicted octanol–water partition coefficient (Wildman–Crippen LogP) is 0.715. The second-order valence-corrected chi connectivity index (χ2v) is 3.82. The van der Waals surface area contributed by atoms with Crippen LogP contribution in [0.2, 0.25) is 0 Å². The van der Waals surface area contributed by atoms with Gasteiger partial charge in [-0.3, -0.25) is 4.79 Å². The predicted molar refractivity (Wildman–Crippen MR) is 70.5 cm³/mol. The molecule has 6 heteroatoms. The molecule has 0 bridgehead atoms. The number of fused-ring (bicyclic) bond motifs is 1. The zero-order chi connectivity index (χ0) is 12.1. The van der Waals surface area contributed by atoms with Gasteiger partial charge in [0.15, 0.2) is 11.5 Å². The van der Waals surface area contributed by atoms with Gasteiger partial charge in [0.2, 0.25) is 12.7 Å². The highest BCUT2D eigenvalue weighted by molar-refractivity contribution is 5.85. The van der Waals surface area contributed by atoms with Gasteiger partial charge in [-0.1, -0.05) is 6.07 Å². The number of rotatable bonds is 5. The van der Waals surface area contributed by atoms with E-state index in [9.17, 15) is 4.79 Å². The number of carbonyl (C=O) groups is 1. The van der Waals surface area contributed by atoms with Gasteiger partial charge < -0.3 is 20.1 Å². The van der Waals surface area contributed by atoms with Gasteiger partial charge in [0.05, 0.1) is 6.42 Å². The number of carbonyl (C=O) groups excluding carboxylic acids is 1. The highest BCUT2D eigenvalue weighted by Crippen LogP contribution is 2.32. The topological polar surface area (TPSA) is 59.6 Å². The van der Waals surface area contributed by atoms with Gasteiger partial charge in [0, 0.05) is 13.1 Å². The first-order chi connectivity index (χ1) is 8.29. The average molecular weight is 273 g/mol. The Morgan fingerprint density at radius 2 is 2.06 bits per heavy atom. The summed E-state index contributed by atoms with van der Waals surface area (Å²) >= 11 is 0. The minimum Gasteiger partial charge on any atom is -0.454 e. The smallest absolute Gasteiger partial charge is 0.231 e. The SMILES string of the molecule is CNCCNC(=O)Cc1ccc2c(c1)OCO2.Cl. The molecule has 0 aliphatic carbocycles.